The summed E-state index contributed by atoms with van der Waals surface area (Å²) in [5.74, 6) is 1.61. The van der Waals surface area contributed by atoms with Gasteiger partial charge in [-0.25, -0.2) is 4.98 Å². The van der Waals surface area contributed by atoms with E-state index in [-0.39, 0.29) is 56.9 Å². The van der Waals surface area contributed by atoms with Crippen molar-refractivity contribution in [2.45, 2.75) is 44.4 Å². The Bertz CT molecular complexity index is 1170. The number of halogens is 1. The average Bonchev–Trinajstić information content (AvgIpc) is 2.83. The minimum absolute atomic E-state index is 0. The Labute approximate surface area is 266 Å². The molecular formula is C28H32ClKN2OS2. The molecule has 0 atom stereocenters. The number of H-pyrrole nitrogens is 1. The van der Waals surface area contributed by atoms with Gasteiger partial charge in [0.05, 0.1) is 5.03 Å². The van der Waals surface area contributed by atoms with Crippen molar-refractivity contribution in [1.29, 1.82) is 0 Å². The molecule has 2 N–H and O–H groups in total. The monoisotopic (exact) mass is 550 g/mol. The summed E-state index contributed by atoms with van der Waals surface area (Å²) in [6.07, 6.45) is 3.65. The van der Waals surface area contributed by atoms with Crippen LogP contribution in [0.1, 0.15) is 33.4 Å². The number of nitrogens with zero attached hydrogens (tertiary/aromatic N) is 1. The summed E-state index contributed by atoms with van der Waals surface area (Å²) in [4.78, 5) is 7.15. The van der Waals surface area contributed by atoms with Gasteiger partial charge >= 0.3 is 51.4 Å². The number of alkyl halides is 1. The first-order valence-electron chi connectivity index (χ1n) is 10.7. The van der Waals surface area contributed by atoms with E-state index in [0.717, 1.165) is 15.4 Å². The van der Waals surface area contributed by atoms with Crippen LogP contribution in [0.15, 0.2) is 90.2 Å². The van der Waals surface area contributed by atoms with Crippen molar-refractivity contribution < 1.29 is 56.9 Å². The van der Waals surface area contributed by atoms with Gasteiger partial charge in [0.1, 0.15) is 4.64 Å². The summed E-state index contributed by atoms with van der Waals surface area (Å²) in [7, 11) is 0. The Morgan fingerprint density at radius 2 is 1.43 bits per heavy atom. The average molecular weight is 551 g/mol. The molecule has 0 spiro atoms. The van der Waals surface area contributed by atoms with Gasteiger partial charge in [-0.1, -0.05) is 71.9 Å². The fourth-order valence-electron chi connectivity index (χ4n) is 2.86. The molecule has 0 radical (unpaired) electrons. The smallest absolute Gasteiger partial charge is 0.870 e. The molecule has 2 heterocycles. The molecule has 35 heavy (non-hydrogen) atoms. The van der Waals surface area contributed by atoms with Crippen molar-refractivity contribution in [3.05, 3.63) is 123 Å². The van der Waals surface area contributed by atoms with Crippen LogP contribution in [0, 0.1) is 32.3 Å². The van der Waals surface area contributed by atoms with Crippen LogP contribution in [0.4, 0.5) is 0 Å². The Morgan fingerprint density at radius 3 is 1.89 bits per heavy atom. The van der Waals surface area contributed by atoms with Crippen molar-refractivity contribution in [1.82, 2.24) is 9.97 Å². The third-order valence-corrected chi connectivity index (χ3v) is 6.38. The Balaban J connectivity index is 0.000000525. The molecule has 0 aliphatic heterocycles. The van der Waals surface area contributed by atoms with Gasteiger partial charge in [0.2, 0.25) is 0 Å². The zero-order valence-corrected chi connectivity index (χ0v) is 26.6. The Morgan fingerprint density at radius 1 is 0.829 bits per heavy atom. The van der Waals surface area contributed by atoms with E-state index in [4.69, 9.17) is 23.8 Å². The third kappa shape index (κ3) is 13.9. The van der Waals surface area contributed by atoms with E-state index in [0.29, 0.717) is 5.88 Å². The zero-order chi connectivity index (χ0) is 24.1. The molecule has 2 aromatic carbocycles. The van der Waals surface area contributed by atoms with Crippen molar-refractivity contribution >= 4 is 35.6 Å². The first-order chi connectivity index (χ1) is 15.9. The third-order valence-electron chi connectivity index (χ3n) is 4.85. The first-order valence-corrected chi connectivity index (χ1v) is 12.7. The molecule has 0 saturated heterocycles. The number of pyridine rings is 2. The van der Waals surface area contributed by atoms with E-state index in [1.165, 1.54) is 33.4 Å². The van der Waals surface area contributed by atoms with Crippen LogP contribution in [0.3, 0.4) is 0 Å². The second kappa shape index (κ2) is 19.3. The summed E-state index contributed by atoms with van der Waals surface area (Å²) >= 11 is 12.2. The van der Waals surface area contributed by atoms with E-state index in [1.54, 1.807) is 11.8 Å². The number of thioether (sulfide) groups is 1. The largest absolute Gasteiger partial charge is 1.00 e. The molecule has 3 nitrogen and oxygen atoms in total. The molecule has 2 aromatic heterocycles. The van der Waals surface area contributed by atoms with Gasteiger partial charge in [-0.15, -0.1) is 23.4 Å². The predicted molar refractivity (Wildman–Crippen MR) is 149 cm³/mol. The molecule has 0 bridgehead atoms. The minimum Gasteiger partial charge on any atom is -0.870 e. The molecule has 0 amide bonds. The van der Waals surface area contributed by atoms with Crippen molar-refractivity contribution in [2.75, 3.05) is 0 Å². The molecule has 0 aliphatic carbocycles. The summed E-state index contributed by atoms with van der Waals surface area (Å²) < 4.78 is 0.780. The van der Waals surface area contributed by atoms with Crippen LogP contribution in [-0.2, 0) is 11.6 Å². The maximum absolute atomic E-state index is 5.70. The van der Waals surface area contributed by atoms with Crippen molar-refractivity contribution in [3.8, 4) is 0 Å². The second-order valence-corrected chi connectivity index (χ2v) is 9.38. The molecule has 0 fully saturated rings. The van der Waals surface area contributed by atoms with E-state index in [1.807, 2.05) is 42.7 Å². The molecule has 0 aliphatic rings. The normalized spacial score (nSPS) is 9.29. The number of hydrogen-bond acceptors (Lipinski definition) is 4. The number of aryl methyl sites for hydroxylation is 4. The van der Waals surface area contributed by atoms with Gasteiger partial charge in [-0.3, -0.25) is 0 Å². The van der Waals surface area contributed by atoms with E-state index >= 15 is 0 Å². The van der Waals surface area contributed by atoms with E-state index in [2.05, 4.69) is 80.1 Å². The van der Waals surface area contributed by atoms with Crippen LogP contribution in [0.2, 0.25) is 0 Å². The number of aromatic nitrogens is 2. The number of hydrogen-bond donors (Lipinski definition) is 1. The van der Waals surface area contributed by atoms with Crippen molar-refractivity contribution in [2.24, 2.45) is 0 Å². The quantitative estimate of drug-likeness (QED) is 0.155. The maximum atomic E-state index is 5.70. The number of aromatic amines is 1. The standard InChI is InChI=1S/C14H15NS.C9H11Cl.C5H5NS.K.H2O/c1-11-6-7-12(2)13(9-11)10-16-14-5-3-4-8-15-14;1-7-3-4-8(2)9(5-7)6-10;7-5-3-1-2-4-6-5;;/h3-9H,10H2,1-2H3;3-5H,6H2,1-2H3;1-4H,(H,6,7);;1H2/q;;;+1;/p-1. The molecule has 4 rings (SSSR count). The predicted octanol–water partition coefficient (Wildman–Crippen LogP) is 5.60. The topological polar surface area (TPSA) is 58.7 Å². The zero-order valence-electron chi connectivity index (χ0n) is 21.1. The summed E-state index contributed by atoms with van der Waals surface area (Å²) in [5, 5.41) is 1.09. The van der Waals surface area contributed by atoms with Gasteiger partial charge in [-0.05, 0) is 74.2 Å². The number of rotatable bonds is 4. The summed E-state index contributed by atoms with van der Waals surface area (Å²) in [6.45, 7) is 8.45. The molecule has 4 aromatic rings. The molecule has 7 heteroatoms. The maximum Gasteiger partial charge on any atom is 1.00 e. The van der Waals surface area contributed by atoms with E-state index in [9.17, 15) is 0 Å². The summed E-state index contributed by atoms with van der Waals surface area (Å²) in [5.41, 5.74) is 7.87. The first kappa shape index (κ1) is 34.2. The SMILES string of the molecule is Cc1ccc(C)c(CCl)c1.Cc1ccc(C)c(CSc2ccccn2)c1.S=c1cccc[nH]1.[K+].[OH-]. The van der Waals surface area contributed by atoms with Crippen LogP contribution >= 0.6 is 35.6 Å². The van der Waals surface area contributed by atoms with Crippen molar-refractivity contribution in [3.63, 3.8) is 0 Å². The molecule has 180 valence electrons. The summed E-state index contributed by atoms with van der Waals surface area (Å²) in [6, 6.07) is 24.6. The van der Waals surface area contributed by atoms with Crippen LogP contribution in [0.25, 0.3) is 0 Å². The van der Waals surface area contributed by atoms with Gasteiger partial charge < -0.3 is 10.5 Å². The van der Waals surface area contributed by atoms with Gasteiger partial charge in [0.15, 0.2) is 0 Å². The van der Waals surface area contributed by atoms with Crippen LogP contribution in [0.5, 0.6) is 0 Å². The van der Waals surface area contributed by atoms with Crippen LogP contribution < -0.4 is 51.4 Å². The molecule has 0 saturated carbocycles. The minimum atomic E-state index is 0. The fourth-order valence-corrected chi connectivity index (χ4v) is 4.22. The van der Waals surface area contributed by atoms with Gasteiger partial charge in [-0.2, -0.15) is 0 Å². The van der Waals surface area contributed by atoms with Crippen LogP contribution in [-0.4, -0.2) is 15.4 Å². The molecular weight excluding hydrogens is 519 g/mol. The van der Waals surface area contributed by atoms with E-state index < -0.39 is 0 Å². The Kier molecular flexibility index (Phi) is 18.9. The number of benzene rings is 2. The second-order valence-electron chi connectivity index (χ2n) is 7.68. The van der Waals surface area contributed by atoms with Gasteiger partial charge in [0, 0.05) is 24.0 Å². The van der Waals surface area contributed by atoms with Gasteiger partial charge in [0.25, 0.3) is 0 Å². The Hall–Kier alpha value is -0.804. The fraction of sp³-hybridized carbons (Fsp3) is 0.214. The number of nitrogens with one attached hydrogen (secondary N) is 1. The molecule has 0 unspecified atom stereocenters.